The molecule has 1 aliphatic carbocycles. The first kappa shape index (κ1) is 13.3. The summed E-state index contributed by atoms with van der Waals surface area (Å²) in [6.45, 7) is 8.49. The number of rotatable bonds is 3. The van der Waals surface area contributed by atoms with Gasteiger partial charge in [-0.15, -0.1) is 0 Å². The van der Waals surface area contributed by atoms with Gasteiger partial charge in [-0.25, -0.2) is 0 Å². The SMILES string of the molecule is CCNC1CCC(N2CCCN(C)CC2)CC1. The van der Waals surface area contributed by atoms with Crippen molar-refractivity contribution in [1.29, 1.82) is 0 Å². The average Bonchev–Trinajstić information content (AvgIpc) is 2.56. The van der Waals surface area contributed by atoms with Gasteiger partial charge < -0.3 is 10.2 Å². The van der Waals surface area contributed by atoms with Gasteiger partial charge in [0.2, 0.25) is 0 Å². The molecule has 0 spiro atoms. The number of likely N-dealkylation sites (N-methyl/N-ethyl adjacent to an activating group) is 1. The van der Waals surface area contributed by atoms with E-state index in [9.17, 15) is 0 Å². The number of nitrogens with zero attached hydrogens (tertiary/aromatic N) is 2. The highest BCUT2D eigenvalue weighted by atomic mass is 15.2. The van der Waals surface area contributed by atoms with Gasteiger partial charge in [0, 0.05) is 25.2 Å². The van der Waals surface area contributed by atoms with Crippen LogP contribution in [0.3, 0.4) is 0 Å². The van der Waals surface area contributed by atoms with Crippen LogP contribution < -0.4 is 5.32 Å². The maximum atomic E-state index is 3.60. The third-order valence-electron chi connectivity index (χ3n) is 4.46. The quantitative estimate of drug-likeness (QED) is 0.806. The molecule has 1 saturated carbocycles. The molecule has 1 aliphatic heterocycles. The van der Waals surface area contributed by atoms with Gasteiger partial charge in [-0.3, -0.25) is 4.90 Å². The van der Waals surface area contributed by atoms with Crippen LogP contribution in [0, 0.1) is 0 Å². The van der Waals surface area contributed by atoms with Crippen LogP contribution in [-0.4, -0.2) is 61.7 Å². The molecule has 2 aliphatic rings. The highest BCUT2D eigenvalue weighted by Crippen LogP contribution is 2.24. The van der Waals surface area contributed by atoms with Crippen LogP contribution in [-0.2, 0) is 0 Å². The molecule has 0 radical (unpaired) electrons. The summed E-state index contributed by atoms with van der Waals surface area (Å²) < 4.78 is 0. The molecule has 0 aromatic carbocycles. The molecular formula is C14H29N3. The third kappa shape index (κ3) is 3.94. The van der Waals surface area contributed by atoms with Crippen molar-refractivity contribution in [2.45, 2.75) is 51.1 Å². The van der Waals surface area contributed by atoms with Gasteiger partial charge in [-0.2, -0.15) is 0 Å². The number of hydrogen-bond acceptors (Lipinski definition) is 3. The molecular weight excluding hydrogens is 210 g/mol. The molecule has 100 valence electrons. The summed E-state index contributed by atoms with van der Waals surface area (Å²) in [5, 5.41) is 3.60. The minimum atomic E-state index is 0.797. The molecule has 1 heterocycles. The minimum absolute atomic E-state index is 0.797. The van der Waals surface area contributed by atoms with Gasteiger partial charge in [0.15, 0.2) is 0 Å². The molecule has 3 heteroatoms. The first-order valence-electron chi connectivity index (χ1n) is 7.45. The summed E-state index contributed by atoms with van der Waals surface area (Å²) >= 11 is 0. The summed E-state index contributed by atoms with van der Waals surface area (Å²) in [6.07, 6.45) is 6.92. The van der Waals surface area contributed by atoms with E-state index in [1.165, 1.54) is 58.3 Å². The molecule has 0 atom stereocenters. The first-order chi connectivity index (χ1) is 8.29. The highest BCUT2D eigenvalue weighted by molar-refractivity contribution is 4.84. The van der Waals surface area contributed by atoms with Gasteiger partial charge in [-0.05, 0) is 58.8 Å². The Bertz CT molecular complexity index is 212. The number of hydrogen-bond donors (Lipinski definition) is 1. The van der Waals surface area contributed by atoms with E-state index in [2.05, 4.69) is 29.1 Å². The molecule has 2 rings (SSSR count). The Morgan fingerprint density at radius 3 is 2.47 bits per heavy atom. The van der Waals surface area contributed by atoms with E-state index in [0.29, 0.717) is 0 Å². The van der Waals surface area contributed by atoms with E-state index in [0.717, 1.165) is 18.6 Å². The Labute approximate surface area is 107 Å². The van der Waals surface area contributed by atoms with E-state index in [-0.39, 0.29) is 0 Å². The summed E-state index contributed by atoms with van der Waals surface area (Å²) in [7, 11) is 2.26. The van der Waals surface area contributed by atoms with Gasteiger partial charge in [0.05, 0.1) is 0 Å². The fourth-order valence-electron chi connectivity index (χ4n) is 3.37. The van der Waals surface area contributed by atoms with E-state index in [4.69, 9.17) is 0 Å². The first-order valence-corrected chi connectivity index (χ1v) is 7.45. The average molecular weight is 239 g/mol. The van der Waals surface area contributed by atoms with Crippen LogP contribution in [0.1, 0.15) is 39.0 Å². The monoisotopic (exact) mass is 239 g/mol. The van der Waals surface area contributed by atoms with Crippen LogP contribution in [0.2, 0.25) is 0 Å². The summed E-state index contributed by atoms with van der Waals surface area (Å²) in [4.78, 5) is 5.23. The summed E-state index contributed by atoms with van der Waals surface area (Å²) in [6, 6.07) is 1.67. The summed E-state index contributed by atoms with van der Waals surface area (Å²) in [5.41, 5.74) is 0. The van der Waals surface area contributed by atoms with E-state index >= 15 is 0 Å². The molecule has 0 bridgehead atoms. The van der Waals surface area contributed by atoms with Crippen LogP contribution in [0.15, 0.2) is 0 Å². The van der Waals surface area contributed by atoms with Crippen molar-refractivity contribution in [2.24, 2.45) is 0 Å². The second kappa shape index (κ2) is 6.72. The van der Waals surface area contributed by atoms with Crippen molar-refractivity contribution in [3.63, 3.8) is 0 Å². The lowest BCUT2D eigenvalue weighted by Crippen LogP contribution is -2.43. The van der Waals surface area contributed by atoms with Crippen LogP contribution in [0.4, 0.5) is 0 Å². The zero-order valence-corrected chi connectivity index (χ0v) is 11.6. The van der Waals surface area contributed by atoms with Crippen molar-refractivity contribution < 1.29 is 0 Å². The van der Waals surface area contributed by atoms with Crippen molar-refractivity contribution >= 4 is 0 Å². The molecule has 0 amide bonds. The fraction of sp³-hybridized carbons (Fsp3) is 1.00. The second-order valence-corrected chi connectivity index (χ2v) is 5.76. The van der Waals surface area contributed by atoms with Gasteiger partial charge in [0.25, 0.3) is 0 Å². The summed E-state index contributed by atoms with van der Waals surface area (Å²) in [5.74, 6) is 0. The predicted octanol–water partition coefficient (Wildman–Crippen LogP) is 1.54. The van der Waals surface area contributed by atoms with E-state index in [1.807, 2.05) is 0 Å². The molecule has 3 nitrogen and oxygen atoms in total. The van der Waals surface area contributed by atoms with Crippen molar-refractivity contribution in [1.82, 2.24) is 15.1 Å². The van der Waals surface area contributed by atoms with Gasteiger partial charge in [-0.1, -0.05) is 6.92 Å². The van der Waals surface area contributed by atoms with Gasteiger partial charge >= 0.3 is 0 Å². The predicted molar refractivity (Wildman–Crippen MR) is 73.4 cm³/mol. The Balaban J connectivity index is 1.75. The molecule has 1 N–H and O–H groups in total. The molecule has 0 aromatic rings. The van der Waals surface area contributed by atoms with Crippen molar-refractivity contribution in [2.75, 3.05) is 39.8 Å². The second-order valence-electron chi connectivity index (χ2n) is 5.76. The number of nitrogens with one attached hydrogen (secondary N) is 1. The third-order valence-corrected chi connectivity index (χ3v) is 4.46. The zero-order chi connectivity index (χ0) is 12.1. The molecule has 2 fully saturated rings. The van der Waals surface area contributed by atoms with E-state index < -0.39 is 0 Å². The maximum absolute atomic E-state index is 3.60. The Morgan fingerprint density at radius 1 is 1.00 bits per heavy atom. The topological polar surface area (TPSA) is 18.5 Å². The lowest BCUT2D eigenvalue weighted by molar-refractivity contribution is 0.148. The molecule has 0 unspecified atom stereocenters. The zero-order valence-electron chi connectivity index (χ0n) is 11.6. The van der Waals surface area contributed by atoms with Crippen molar-refractivity contribution in [3.05, 3.63) is 0 Å². The lowest BCUT2D eigenvalue weighted by Gasteiger charge is -2.36. The standard InChI is InChI=1S/C14H29N3/c1-3-15-13-5-7-14(8-6-13)17-10-4-9-16(2)11-12-17/h13-15H,3-12H2,1-2H3. The Kier molecular flexibility index (Phi) is 5.26. The maximum Gasteiger partial charge on any atom is 0.0112 e. The largest absolute Gasteiger partial charge is 0.314 e. The minimum Gasteiger partial charge on any atom is -0.314 e. The molecule has 1 saturated heterocycles. The smallest absolute Gasteiger partial charge is 0.0112 e. The van der Waals surface area contributed by atoms with Crippen LogP contribution in [0.5, 0.6) is 0 Å². The van der Waals surface area contributed by atoms with Gasteiger partial charge in [0.1, 0.15) is 0 Å². The lowest BCUT2D eigenvalue weighted by atomic mass is 9.90. The fourth-order valence-corrected chi connectivity index (χ4v) is 3.37. The van der Waals surface area contributed by atoms with E-state index in [1.54, 1.807) is 0 Å². The van der Waals surface area contributed by atoms with Crippen molar-refractivity contribution in [3.8, 4) is 0 Å². The normalized spacial score (nSPS) is 33.5. The Hall–Kier alpha value is -0.120. The molecule has 17 heavy (non-hydrogen) atoms. The van der Waals surface area contributed by atoms with Crippen LogP contribution >= 0.6 is 0 Å². The van der Waals surface area contributed by atoms with Crippen LogP contribution in [0.25, 0.3) is 0 Å². The molecule has 0 aromatic heterocycles. The Morgan fingerprint density at radius 2 is 1.76 bits per heavy atom. The highest BCUT2D eigenvalue weighted by Gasteiger charge is 2.26.